The van der Waals surface area contributed by atoms with Crippen molar-refractivity contribution in [3.8, 4) is 5.69 Å². The Bertz CT molecular complexity index is 611. The van der Waals surface area contributed by atoms with E-state index in [1.165, 1.54) is 12.1 Å². The Morgan fingerprint density at radius 3 is 2.60 bits per heavy atom. The Kier molecular flexibility index (Phi) is 4.34. The molecule has 7 heteroatoms. The van der Waals surface area contributed by atoms with E-state index in [1.54, 1.807) is 19.1 Å². The van der Waals surface area contributed by atoms with Gasteiger partial charge in [0.25, 0.3) is 6.43 Å². The van der Waals surface area contributed by atoms with Crippen LogP contribution >= 0.6 is 11.6 Å². The number of carbonyl (C=O) groups is 1. The Labute approximate surface area is 118 Å². The van der Waals surface area contributed by atoms with E-state index in [-0.39, 0.29) is 12.2 Å². The molecule has 0 bridgehead atoms. The Balaban J connectivity index is 2.49. The quantitative estimate of drug-likeness (QED) is 0.810. The fourth-order valence-electron chi connectivity index (χ4n) is 1.72. The third-order valence-electron chi connectivity index (χ3n) is 2.58. The molecule has 0 atom stereocenters. The minimum atomic E-state index is -2.85. The van der Waals surface area contributed by atoms with Gasteiger partial charge in [-0.15, -0.1) is 0 Å². The highest BCUT2D eigenvalue weighted by atomic mass is 35.5. The first-order chi connectivity index (χ1) is 9.54. The van der Waals surface area contributed by atoms with Crippen LogP contribution in [0.1, 0.15) is 29.4 Å². The molecule has 0 radical (unpaired) electrons. The zero-order valence-electron chi connectivity index (χ0n) is 10.5. The van der Waals surface area contributed by atoms with Crippen molar-refractivity contribution in [3.63, 3.8) is 0 Å². The molecule has 1 aromatic heterocycles. The van der Waals surface area contributed by atoms with E-state index >= 15 is 0 Å². The van der Waals surface area contributed by atoms with Gasteiger partial charge in [-0.05, 0) is 31.2 Å². The van der Waals surface area contributed by atoms with Crippen molar-refractivity contribution in [1.29, 1.82) is 0 Å². The molecule has 1 aromatic carbocycles. The van der Waals surface area contributed by atoms with E-state index in [0.717, 1.165) is 10.9 Å². The monoisotopic (exact) mass is 300 g/mol. The highest BCUT2D eigenvalue weighted by Crippen LogP contribution is 2.26. The molecule has 0 N–H and O–H groups in total. The maximum Gasteiger partial charge on any atom is 0.341 e. The second-order valence-electron chi connectivity index (χ2n) is 3.85. The van der Waals surface area contributed by atoms with Crippen LogP contribution in [0.5, 0.6) is 0 Å². The van der Waals surface area contributed by atoms with Gasteiger partial charge in [0, 0.05) is 5.02 Å². The molecule has 0 spiro atoms. The van der Waals surface area contributed by atoms with E-state index in [0.29, 0.717) is 10.7 Å². The van der Waals surface area contributed by atoms with Crippen molar-refractivity contribution in [2.45, 2.75) is 13.3 Å². The van der Waals surface area contributed by atoms with Gasteiger partial charge in [-0.3, -0.25) is 0 Å². The topological polar surface area (TPSA) is 44.1 Å². The van der Waals surface area contributed by atoms with Crippen LogP contribution in [0.15, 0.2) is 30.5 Å². The van der Waals surface area contributed by atoms with Crippen molar-refractivity contribution in [2.75, 3.05) is 6.61 Å². The predicted molar refractivity (Wildman–Crippen MR) is 69.5 cm³/mol. The smallest absolute Gasteiger partial charge is 0.341 e. The minimum absolute atomic E-state index is 0.105. The Hall–Kier alpha value is -1.95. The summed E-state index contributed by atoms with van der Waals surface area (Å²) in [4.78, 5) is 11.6. The van der Waals surface area contributed by atoms with Crippen molar-refractivity contribution in [3.05, 3.63) is 46.7 Å². The van der Waals surface area contributed by atoms with Gasteiger partial charge in [-0.1, -0.05) is 11.6 Å². The number of alkyl halides is 2. The lowest BCUT2D eigenvalue weighted by Crippen LogP contribution is -2.10. The molecule has 106 valence electrons. The predicted octanol–water partition coefficient (Wildman–Crippen LogP) is 3.64. The lowest BCUT2D eigenvalue weighted by atomic mass is 10.2. The first-order valence-corrected chi connectivity index (χ1v) is 6.21. The summed E-state index contributed by atoms with van der Waals surface area (Å²) in [5, 5.41) is 4.31. The molecule has 0 amide bonds. The number of esters is 1. The van der Waals surface area contributed by atoms with Gasteiger partial charge >= 0.3 is 5.97 Å². The van der Waals surface area contributed by atoms with Gasteiger partial charge in [0.05, 0.1) is 18.5 Å². The molecule has 2 aromatic rings. The van der Waals surface area contributed by atoms with E-state index in [1.807, 2.05) is 0 Å². The number of ether oxygens (including phenoxy) is 1. The average Bonchev–Trinajstić information content (AvgIpc) is 2.84. The second kappa shape index (κ2) is 6.00. The lowest BCUT2D eigenvalue weighted by Gasteiger charge is -2.08. The third kappa shape index (κ3) is 2.80. The van der Waals surface area contributed by atoms with Crippen LogP contribution in [0.4, 0.5) is 8.78 Å². The van der Waals surface area contributed by atoms with E-state index in [9.17, 15) is 13.6 Å². The van der Waals surface area contributed by atoms with Crippen LogP contribution in [0.25, 0.3) is 5.69 Å². The van der Waals surface area contributed by atoms with Crippen LogP contribution in [0, 0.1) is 0 Å². The summed E-state index contributed by atoms with van der Waals surface area (Å²) < 4.78 is 32.1. The van der Waals surface area contributed by atoms with Crippen LogP contribution in [-0.2, 0) is 4.74 Å². The van der Waals surface area contributed by atoms with Crippen molar-refractivity contribution >= 4 is 17.6 Å². The summed E-state index contributed by atoms with van der Waals surface area (Å²) in [5.41, 5.74) is -0.345. The lowest BCUT2D eigenvalue weighted by molar-refractivity contribution is 0.0514. The molecule has 0 fully saturated rings. The molecule has 0 aliphatic carbocycles. The maximum atomic E-state index is 13.2. The molecule has 4 nitrogen and oxygen atoms in total. The molecule has 0 unspecified atom stereocenters. The highest BCUT2D eigenvalue weighted by Gasteiger charge is 2.26. The molecule has 0 saturated carbocycles. The molecule has 1 heterocycles. The normalized spacial score (nSPS) is 10.8. The number of aromatic nitrogens is 2. The molecular formula is C13H11ClF2N2O2. The van der Waals surface area contributed by atoms with Gasteiger partial charge in [0.2, 0.25) is 0 Å². The number of carbonyl (C=O) groups excluding carboxylic acids is 1. The van der Waals surface area contributed by atoms with Crippen LogP contribution in [0.2, 0.25) is 5.02 Å². The zero-order valence-corrected chi connectivity index (χ0v) is 11.3. The SMILES string of the molecule is CCOC(=O)c1cnn(-c2ccc(Cl)cc2)c1C(F)F. The van der Waals surface area contributed by atoms with E-state index in [2.05, 4.69) is 5.10 Å². The summed E-state index contributed by atoms with van der Waals surface area (Å²) in [6, 6.07) is 6.18. The molecule has 20 heavy (non-hydrogen) atoms. The number of nitrogens with zero attached hydrogens (tertiary/aromatic N) is 2. The second-order valence-corrected chi connectivity index (χ2v) is 4.29. The fourth-order valence-corrected chi connectivity index (χ4v) is 1.85. The van der Waals surface area contributed by atoms with Crippen molar-refractivity contribution in [1.82, 2.24) is 9.78 Å². The van der Waals surface area contributed by atoms with Crippen molar-refractivity contribution in [2.24, 2.45) is 0 Å². The van der Waals surface area contributed by atoms with E-state index in [4.69, 9.17) is 16.3 Å². The van der Waals surface area contributed by atoms with Crippen molar-refractivity contribution < 1.29 is 18.3 Å². The maximum absolute atomic E-state index is 13.2. The van der Waals surface area contributed by atoms with Crippen LogP contribution < -0.4 is 0 Å². The van der Waals surface area contributed by atoms with Gasteiger partial charge in [0.15, 0.2) is 0 Å². The van der Waals surface area contributed by atoms with Gasteiger partial charge in [0.1, 0.15) is 11.3 Å². The van der Waals surface area contributed by atoms with Crippen LogP contribution in [0.3, 0.4) is 0 Å². The zero-order chi connectivity index (χ0) is 14.7. The summed E-state index contributed by atoms with van der Waals surface area (Å²) in [6.07, 6.45) is -1.78. The average molecular weight is 301 g/mol. The number of benzene rings is 1. The molecule has 2 rings (SSSR count). The first kappa shape index (κ1) is 14.5. The van der Waals surface area contributed by atoms with E-state index < -0.39 is 18.1 Å². The largest absolute Gasteiger partial charge is 0.462 e. The molecular weight excluding hydrogens is 290 g/mol. The minimum Gasteiger partial charge on any atom is -0.462 e. The Morgan fingerprint density at radius 1 is 1.40 bits per heavy atom. The molecule has 0 aliphatic heterocycles. The van der Waals surface area contributed by atoms with Gasteiger partial charge in [-0.25, -0.2) is 18.3 Å². The number of halogens is 3. The summed E-state index contributed by atoms with van der Waals surface area (Å²) >= 11 is 5.75. The first-order valence-electron chi connectivity index (χ1n) is 5.83. The Morgan fingerprint density at radius 2 is 2.05 bits per heavy atom. The number of hydrogen-bond acceptors (Lipinski definition) is 3. The summed E-state index contributed by atoms with van der Waals surface area (Å²) in [5.74, 6) is -0.817. The highest BCUT2D eigenvalue weighted by molar-refractivity contribution is 6.30. The number of hydrogen-bond donors (Lipinski definition) is 0. The third-order valence-corrected chi connectivity index (χ3v) is 2.83. The molecule has 0 aliphatic rings. The molecule has 0 saturated heterocycles. The van der Waals surface area contributed by atoms with Gasteiger partial charge < -0.3 is 4.74 Å². The summed E-state index contributed by atoms with van der Waals surface area (Å²) in [6.45, 7) is 1.71. The number of rotatable bonds is 4. The summed E-state index contributed by atoms with van der Waals surface area (Å²) in [7, 11) is 0. The fraction of sp³-hybridized carbons (Fsp3) is 0.231. The van der Waals surface area contributed by atoms with Gasteiger partial charge in [-0.2, -0.15) is 5.10 Å². The standard InChI is InChI=1S/C13H11ClF2N2O2/c1-2-20-13(19)10-7-17-18(11(10)12(15)16)9-5-3-8(14)4-6-9/h3-7,12H,2H2,1H3. The van der Waals surface area contributed by atoms with Crippen LogP contribution in [-0.4, -0.2) is 22.4 Å².